The highest BCUT2D eigenvalue weighted by molar-refractivity contribution is 7.89. The van der Waals surface area contributed by atoms with Gasteiger partial charge in [0.05, 0.1) is 17.4 Å². The molecular formula is C16H24N2O5S. The summed E-state index contributed by atoms with van der Waals surface area (Å²) < 4.78 is 32.8. The zero-order valence-electron chi connectivity index (χ0n) is 13.9. The van der Waals surface area contributed by atoms with Crippen LogP contribution in [0.4, 0.5) is 5.69 Å². The molecule has 7 nitrogen and oxygen atoms in total. The van der Waals surface area contributed by atoms with Crippen LogP contribution in [0.5, 0.6) is 0 Å². The first kappa shape index (κ1) is 20.1. The second-order valence-electron chi connectivity index (χ2n) is 5.36. The number of hydrogen-bond acceptors (Lipinski definition) is 5. The summed E-state index contributed by atoms with van der Waals surface area (Å²) in [5, 5.41) is 12.0. The predicted octanol–water partition coefficient (Wildman–Crippen LogP) is 2.08. The minimum atomic E-state index is -3.84. The molecule has 1 aromatic rings. The van der Waals surface area contributed by atoms with Gasteiger partial charge in [0.15, 0.2) is 0 Å². The Morgan fingerprint density at radius 1 is 1.42 bits per heavy atom. The first-order chi connectivity index (χ1) is 11.3. The molecule has 24 heavy (non-hydrogen) atoms. The van der Waals surface area contributed by atoms with Crippen molar-refractivity contribution in [3.8, 4) is 0 Å². The zero-order valence-corrected chi connectivity index (χ0v) is 14.7. The van der Waals surface area contributed by atoms with Gasteiger partial charge in [-0.2, -0.15) is 0 Å². The molecule has 3 N–H and O–H groups in total. The Morgan fingerprint density at radius 2 is 2.12 bits per heavy atom. The number of carboxylic acid groups (broad SMARTS) is 1. The van der Waals surface area contributed by atoms with Gasteiger partial charge >= 0.3 is 5.97 Å². The van der Waals surface area contributed by atoms with Gasteiger partial charge < -0.3 is 15.2 Å². The Kier molecular flexibility index (Phi) is 7.90. The lowest BCUT2D eigenvalue weighted by Crippen LogP contribution is -2.27. The normalized spacial score (nSPS) is 11.5. The van der Waals surface area contributed by atoms with Gasteiger partial charge in [-0.05, 0) is 38.5 Å². The molecule has 0 fully saturated rings. The van der Waals surface area contributed by atoms with E-state index in [4.69, 9.17) is 9.84 Å². The molecule has 0 unspecified atom stereocenters. The molecule has 1 aromatic carbocycles. The molecule has 0 amide bonds. The van der Waals surface area contributed by atoms with E-state index >= 15 is 0 Å². The minimum absolute atomic E-state index is 0.0866. The molecule has 0 atom stereocenters. The lowest BCUT2D eigenvalue weighted by atomic mass is 10.2. The number of carboxylic acids is 1. The molecule has 0 aliphatic rings. The molecule has 0 bridgehead atoms. The molecule has 0 heterocycles. The van der Waals surface area contributed by atoms with Crippen LogP contribution in [0.15, 0.2) is 35.7 Å². The third-order valence-corrected chi connectivity index (χ3v) is 4.52. The maximum absolute atomic E-state index is 12.5. The fourth-order valence-corrected chi connectivity index (χ4v) is 3.16. The number of carbonyl (C=O) groups is 1. The highest BCUT2D eigenvalue weighted by Gasteiger charge is 2.20. The Bertz CT molecular complexity index is 671. The molecule has 0 radical (unpaired) electrons. The number of aromatic carboxylic acids is 1. The molecule has 1 rings (SSSR count). The van der Waals surface area contributed by atoms with Crippen LogP contribution in [-0.2, 0) is 14.8 Å². The minimum Gasteiger partial charge on any atom is -0.478 e. The number of benzene rings is 1. The molecule has 134 valence electrons. The van der Waals surface area contributed by atoms with Crippen molar-refractivity contribution in [3.63, 3.8) is 0 Å². The SMILES string of the molecule is C=CCNc1ccc(C(=O)O)cc1S(=O)(=O)NCCCOC(C)C. The van der Waals surface area contributed by atoms with Gasteiger partial charge in [-0.3, -0.25) is 0 Å². The topological polar surface area (TPSA) is 105 Å². The van der Waals surface area contributed by atoms with Crippen LogP contribution in [0.2, 0.25) is 0 Å². The van der Waals surface area contributed by atoms with E-state index in [1.165, 1.54) is 12.1 Å². The molecule has 0 spiro atoms. The third kappa shape index (κ3) is 6.31. The van der Waals surface area contributed by atoms with Gasteiger partial charge in [0, 0.05) is 19.7 Å². The summed E-state index contributed by atoms with van der Waals surface area (Å²) in [6.07, 6.45) is 2.19. The summed E-state index contributed by atoms with van der Waals surface area (Å²) in [4.78, 5) is 11.0. The fraction of sp³-hybridized carbons (Fsp3) is 0.438. The summed E-state index contributed by atoms with van der Waals surface area (Å²) in [6, 6.07) is 3.92. The van der Waals surface area contributed by atoms with Crippen LogP contribution < -0.4 is 10.0 Å². The van der Waals surface area contributed by atoms with E-state index in [9.17, 15) is 13.2 Å². The number of nitrogens with one attached hydrogen (secondary N) is 2. The lowest BCUT2D eigenvalue weighted by molar-refractivity contribution is 0.0696. The standard InChI is InChI=1S/C16H24N2O5S/c1-4-8-17-14-7-6-13(16(19)20)11-15(14)24(21,22)18-9-5-10-23-12(2)3/h4,6-7,11-12,17-18H,1,5,8-10H2,2-3H3,(H,19,20). The van der Waals surface area contributed by atoms with E-state index in [0.29, 0.717) is 25.3 Å². The summed E-state index contributed by atoms with van der Waals surface area (Å²) >= 11 is 0. The van der Waals surface area contributed by atoms with Crippen molar-refractivity contribution in [2.45, 2.75) is 31.3 Å². The largest absolute Gasteiger partial charge is 0.478 e. The summed E-state index contributed by atoms with van der Waals surface area (Å²) in [5.74, 6) is -1.19. The van der Waals surface area contributed by atoms with Crippen LogP contribution in [0, 0.1) is 0 Å². The highest BCUT2D eigenvalue weighted by Crippen LogP contribution is 2.23. The quantitative estimate of drug-likeness (QED) is 0.414. The zero-order chi connectivity index (χ0) is 18.2. The number of rotatable bonds is 11. The monoisotopic (exact) mass is 356 g/mol. The van der Waals surface area contributed by atoms with E-state index in [2.05, 4.69) is 16.6 Å². The van der Waals surface area contributed by atoms with Gasteiger partial charge in [-0.25, -0.2) is 17.9 Å². The van der Waals surface area contributed by atoms with Crippen molar-refractivity contribution >= 4 is 21.7 Å². The van der Waals surface area contributed by atoms with E-state index in [-0.39, 0.29) is 23.1 Å². The number of sulfonamides is 1. The Labute approximate surface area is 142 Å². The maximum Gasteiger partial charge on any atom is 0.335 e. The van der Waals surface area contributed by atoms with Gasteiger partial charge in [-0.1, -0.05) is 6.08 Å². The third-order valence-electron chi connectivity index (χ3n) is 3.02. The Balaban J connectivity index is 2.91. The van der Waals surface area contributed by atoms with E-state index in [0.717, 1.165) is 6.07 Å². The smallest absolute Gasteiger partial charge is 0.335 e. The second kappa shape index (κ2) is 9.41. The number of anilines is 1. The first-order valence-electron chi connectivity index (χ1n) is 7.61. The fourth-order valence-electron chi connectivity index (χ4n) is 1.88. The van der Waals surface area contributed by atoms with E-state index in [1.54, 1.807) is 6.08 Å². The number of hydrogen-bond donors (Lipinski definition) is 3. The first-order valence-corrected chi connectivity index (χ1v) is 9.09. The van der Waals surface area contributed by atoms with Crippen molar-refractivity contribution < 1.29 is 23.1 Å². The molecule has 0 aromatic heterocycles. The number of ether oxygens (including phenoxy) is 1. The summed E-state index contributed by atoms with van der Waals surface area (Å²) in [6.45, 7) is 8.37. The van der Waals surface area contributed by atoms with E-state index in [1.807, 2.05) is 13.8 Å². The molecule has 8 heteroatoms. The van der Waals surface area contributed by atoms with Crippen molar-refractivity contribution in [1.82, 2.24) is 4.72 Å². The second-order valence-corrected chi connectivity index (χ2v) is 7.09. The van der Waals surface area contributed by atoms with Gasteiger partial charge in [0.25, 0.3) is 0 Å². The van der Waals surface area contributed by atoms with Crippen LogP contribution in [-0.4, -0.2) is 45.3 Å². The van der Waals surface area contributed by atoms with Crippen molar-refractivity contribution in [2.24, 2.45) is 0 Å². The van der Waals surface area contributed by atoms with Gasteiger partial charge in [0.2, 0.25) is 10.0 Å². The van der Waals surface area contributed by atoms with Crippen LogP contribution >= 0.6 is 0 Å². The average Bonchev–Trinajstić information content (AvgIpc) is 2.51. The average molecular weight is 356 g/mol. The van der Waals surface area contributed by atoms with Crippen molar-refractivity contribution in [1.29, 1.82) is 0 Å². The highest BCUT2D eigenvalue weighted by atomic mass is 32.2. The van der Waals surface area contributed by atoms with Crippen molar-refractivity contribution in [2.75, 3.05) is 25.0 Å². The molecule has 0 saturated heterocycles. The predicted molar refractivity (Wildman–Crippen MR) is 93.0 cm³/mol. The van der Waals surface area contributed by atoms with Crippen LogP contribution in [0.1, 0.15) is 30.6 Å². The van der Waals surface area contributed by atoms with Crippen LogP contribution in [0.3, 0.4) is 0 Å². The molecule has 0 aliphatic heterocycles. The van der Waals surface area contributed by atoms with Crippen LogP contribution in [0.25, 0.3) is 0 Å². The van der Waals surface area contributed by atoms with Crippen molar-refractivity contribution in [3.05, 3.63) is 36.4 Å². The summed E-state index contributed by atoms with van der Waals surface area (Å²) in [7, 11) is -3.84. The Morgan fingerprint density at radius 3 is 2.71 bits per heavy atom. The van der Waals surface area contributed by atoms with E-state index < -0.39 is 16.0 Å². The molecular weight excluding hydrogens is 332 g/mol. The Hall–Kier alpha value is -1.90. The maximum atomic E-state index is 12.5. The lowest BCUT2D eigenvalue weighted by Gasteiger charge is -2.14. The molecule has 0 aliphatic carbocycles. The summed E-state index contributed by atoms with van der Waals surface area (Å²) in [5.41, 5.74) is 0.230. The van der Waals surface area contributed by atoms with Gasteiger partial charge in [-0.15, -0.1) is 6.58 Å². The molecule has 0 saturated carbocycles. The van der Waals surface area contributed by atoms with Gasteiger partial charge in [0.1, 0.15) is 4.90 Å².